The summed E-state index contributed by atoms with van der Waals surface area (Å²) in [4.78, 5) is 7.20. The van der Waals surface area contributed by atoms with Crippen molar-refractivity contribution >= 4 is 5.96 Å². The highest BCUT2D eigenvalue weighted by molar-refractivity contribution is 5.80. The van der Waals surface area contributed by atoms with Gasteiger partial charge >= 0.3 is 0 Å². The Bertz CT molecular complexity index is 468. The van der Waals surface area contributed by atoms with E-state index in [-0.39, 0.29) is 0 Å². The fraction of sp³-hybridized carbons (Fsp3) is 0.737. The number of guanidine groups is 1. The van der Waals surface area contributed by atoms with Gasteiger partial charge in [0.25, 0.3) is 0 Å². The quantitative estimate of drug-likeness (QED) is 0.385. The van der Waals surface area contributed by atoms with Crippen LogP contribution in [0.15, 0.2) is 27.8 Å². The van der Waals surface area contributed by atoms with Gasteiger partial charge in [0.05, 0.1) is 12.9 Å². The molecule has 0 radical (unpaired) electrons. The molecule has 2 heterocycles. The van der Waals surface area contributed by atoms with Crippen LogP contribution in [0.25, 0.3) is 0 Å². The van der Waals surface area contributed by atoms with E-state index in [2.05, 4.69) is 22.5 Å². The minimum Gasteiger partial charge on any atom is -0.469 e. The highest BCUT2D eigenvalue weighted by Gasteiger charge is 2.19. The van der Waals surface area contributed by atoms with Gasteiger partial charge in [-0.15, -0.1) is 0 Å². The molecule has 0 bridgehead atoms. The van der Waals surface area contributed by atoms with E-state index < -0.39 is 0 Å². The lowest BCUT2D eigenvalue weighted by Crippen LogP contribution is -2.49. The number of unbranched alkanes of at least 4 members (excludes halogenated alkanes) is 1. The molecule has 1 saturated heterocycles. The van der Waals surface area contributed by atoms with Crippen molar-refractivity contribution in [2.24, 2.45) is 4.99 Å². The van der Waals surface area contributed by atoms with Gasteiger partial charge in [0.1, 0.15) is 5.76 Å². The normalized spacial score (nSPS) is 17.0. The molecule has 0 atom stereocenters. The summed E-state index contributed by atoms with van der Waals surface area (Å²) in [7, 11) is 1.77. The molecule has 0 saturated carbocycles. The van der Waals surface area contributed by atoms with Crippen LogP contribution in [0.5, 0.6) is 0 Å². The molecule has 6 heteroatoms. The molecule has 0 unspecified atom stereocenters. The maximum atomic E-state index is 5.39. The number of furan rings is 1. The Labute approximate surface area is 152 Å². The Balaban J connectivity index is 1.74. The highest BCUT2D eigenvalue weighted by atomic mass is 16.5. The predicted octanol–water partition coefficient (Wildman–Crippen LogP) is 2.27. The van der Waals surface area contributed by atoms with Crippen molar-refractivity contribution in [1.29, 1.82) is 0 Å². The molecular formula is C19H34N4O2. The first-order valence-electron chi connectivity index (χ1n) is 9.60. The molecule has 0 amide bonds. The van der Waals surface area contributed by atoms with Crippen LogP contribution in [0, 0.1) is 0 Å². The van der Waals surface area contributed by atoms with Crippen LogP contribution in [-0.2, 0) is 11.2 Å². The molecule has 1 aliphatic heterocycles. The zero-order valence-corrected chi connectivity index (χ0v) is 15.8. The van der Waals surface area contributed by atoms with Gasteiger partial charge < -0.3 is 24.7 Å². The van der Waals surface area contributed by atoms with E-state index in [4.69, 9.17) is 14.1 Å². The third-order valence-electron chi connectivity index (χ3n) is 4.57. The van der Waals surface area contributed by atoms with Crippen LogP contribution < -0.4 is 10.6 Å². The maximum absolute atomic E-state index is 5.39. The number of piperidine rings is 1. The second-order valence-corrected chi connectivity index (χ2v) is 6.59. The molecule has 0 aliphatic carbocycles. The summed E-state index contributed by atoms with van der Waals surface area (Å²) in [6.07, 6.45) is 7.19. The van der Waals surface area contributed by atoms with E-state index in [1.165, 1.54) is 6.42 Å². The van der Waals surface area contributed by atoms with E-state index in [9.17, 15) is 0 Å². The number of hydrogen-bond donors (Lipinski definition) is 2. The number of nitrogens with one attached hydrogen (secondary N) is 2. The Morgan fingerprint density at radius 3 is 2.92 bits per heavy atom. The smallest absolute Gasteiger partial charge is 0.191 e. The number of methoxy groups -OCH3 is 1. The Hall–Kier alpha value is -1.53. The maximum Gasteiger partial charge on any atom is 0.191 e. The van der Waals surface area contributed by atoms with E-state index in [0.717, 1.165) is 76.7 Å². The SMILES string of the molecule is CCCCN=C(NCCc1ccco1)NC1CCN(CCOC)CC1. The molecule has 1 aromatic heterocycles. The van der Waals surface area contributed by atoms with E-state index >= 15 is 0 Å². The summed E-state index contributed by atoms with van der Waals surface area (Å²) in [5.74, 6) is 1.95. The molecular weight excluding hydrogens is 316 g/mol. The molecule has 0 spiro atoms. The molecule has 25 heavy (non-hydrogen) atoms. The Kier molecular flexibility index (Phi) is 9.44. The average molecular weight is 351 g/mol. The second-order valence-electron chi connectivity index (χ2n) is 6.59. The van der Waals surface area contributed by atoms with Crippen LogP contribution in [0.1, 0.15) is 38.4 Å². The lowest BCUT2D eigenvalue weighted by Gasteiger charge is -2.32. The van der Waals surface area contributed by atoms with Crippen LogP contribution in [0.4, 0.5) is 0 Å². The van der Waals surface area contributed by atoms with E-state index in [0.29, 0.717) is 6.04 Å². The topological polar surface area (TPSA) is 62.0 Å². The van der Waals surface area contributed by atoms with Gasteiger partial charge in [-0.25, -0.2) is 0 Å². The second kappa shape index (κ2) is 11.9. The van der Waals surface area contributed by atoms with Crippen molar-refractivity contribution in [3.05, 3.63) is 24.2 Å². The first-order chi connectivity index (χ1) is 12.3. The van der Waals surface area contributed by atoms with Crippen LogP contribution >= 0.6 is 0 Å². The van der Waals surface area contributed by atoms with Gasteiger partial charge in [0, 0.05) is 52.3 Å². The summed E-state index contributed by atoms with van der Waals surface area (Å²) in [6, 6.07) is 4.44. The minimum absolute atomic E-state index is 0.496. The van der Waals surface area contributed by atoms with Gasteiger partial charge in [0.2, 0.25) is 0 Å². The molecule has 142 valence electrons. The number of ether oxygens (including phenoxy) is 1. The van der Waals surface area contributed by atoms with Gasteiger partial charge in [0.15, 0.2) is 5.96 Å². The third kappa shape index (κ3) is 7.92. The molecule has 1 aromatic rings. The summed E-state index contributed by atoms with van der Waals surface area (Å²) >= 11 is 0. The fourth-order valence-electron chi connectivity index (χ4n) is 2.98. The average Bonchev–Trinajstić information content (AvgIpc) is 3.14. The third-order valence-corrected chi connectivity index (χ3v) is 4.57. The number of nitrogens with zero attached hydrogens (tertiary/aromatic N) is 2. The Morgan fingerprint density at radius 2 is 2.24 bits per heavy atom. The Morgan fingerprint density at radius 1 is 1.40 bits per heavy atom. The molecule has 6 nitrogen and oxygen atoms in total. The number of likely N-dealkylation sites (tertiary alicyclic amines) is 1. The summed E-state index contributed by atoms with van der Waals surface area (Å²) < 4.78 is 10.6. The molecule has 0 aromatic carbocycles. The lowest BCUT2D eigenvalue weighted by molar-refractivity contribution is 0.128. The van der Waals surface area contributed by atoms with E-state index in [1.807, 2.05) is 12.1 Å². The monoisotopic (exact) mass is 350 g/mol. The van der Waals surface area contributed by atoms with Gasteiger partial charge in [-0.1, -0.05) is 13.3 Å². The number of rotatable bonds is 10. The van der Waals surface area contributed by atoms with Crippen LogP contribution in [-0.4, -0.2) is 63.3 Å². The molecule has 2 N–H and O–H groups in total. The van der Waals surface area contributed by atoms with Crippen LogP contribution in [0.3, 0.4) is 0 Å². The number of aliphatic imine (C=N–C) groups is 1. The summed E-state index contributed by atoms with van der Waals surface area (Å²) in [5, 5.41) is 7.08. The number of hydrogen-bond acceptors (Lipinski definition) is 4. The first kappa shape index (κ1) is 19.8. The lowest BCUT2D eigenvalue weighted by atomic mass is 10.1. The first-order valence-corrected chi connectivity index (χ1v) is 9.60. The van der Waals surface area contributed by atoms with Crippen molar-refractivity contribution in [3.63, 3.8) is 0 Å². The minimum atomic E-state index is 0.496. The van der Waals surface area contributed by atoms with Crippen molar-refractivity contribution < 1.29 is 9.15 Å². The fourth-order valence-corrected chi connectivity index (χ4v) is 2.98. The standard InChI is InChI=1S/C19H34N4O2/c1-3-4-10-20-19(21-11-7-18-6-5-15-25-18)22-17-8-12-23(13-9-17)14-16-24-2/h5-6,15,17H,3-4,7-14,16H2,1-2H3,(H2,20,21,22). The van der Waals surface area contributed by atoms with E-state index in [1.54, 1.807) is 13.4 Å². The summed E-state index contributed by atoms with van der Waals surface area (Å²) in [6.45, 7) is 7.99. The zero-order valence-electron chi connectivity index (χ0n) is 15.8. The summed E-state index contributed by atoms with van der Waals surface area (Å²) in [5.41, 5.74) is 0. The van der Waals surface area contributed by atoms with Crippen molar-refractivity contribution in [2.75, 3.05) is 46.4 Å². The zero-order chi connectivity index (χ0) is 17.7. The van der Waals surface area contributed by atoms with Gasteiger partial charge in [-0.3, -0.25) is 4.99 Å². The van der Waals surface area contributed by atoms with Gasteiger partial charge in [-0.05, 0) is 31.4 Å². The van der Waals surface area contributed by atoms with Crippen LogP contribution in [0.2, 0.25) is 0 Å². The predicted molar refractivity (Wildman–Crippen MR) is 102 cm³/mol. The largest absolute Gasteiger partial charge is 0.469 e. The van der Waals surface area contributed by atoms with Gasteiger partial charge in [-0.2, -0.15) is 0 Å². The van der Waals surface area contributed by atoms with Crippen molar-refractivity contribution in [1.82, 2.24) is 15.5 Å². The van der Waals surface area contributed by atoms with Crippen molar-refractivity contribution in [2.45, 2.75) is 45.1 Å². The van der Waals surface area contributed by atoms with Crippen molar-refractivity contribution in [3.8, 4) is 0 Å². The molecule has 1 aliphatic rings. The highest BCUT2D eigenvalue weighted by Crippen LogP contribution is 2.10. The molecule has 2 rings (SSSR count). The molecule has 1 fully saturated rings.